The molecule has 2 aromatic rings. The Labute approximate surface area is 112 Å². The van der Waals surface area contributed by atoms with Gasteiger partial charge in [0.2, 0.25) is 0 Å². The smallest absolute Gasteiger partial charge is 0.147 e. The van der Waals surface area contributed by atoms with Crippen molar-refractivity contribution < 1.29 is 5.11 Å². The van der Waals surface area contributed by atoms with Gasteiger partial charge in [-0.3, -0.25) is 0 Å². The van der Waals surface area contributed by atoms with Crippen molar-refractivity contribution in [3.05, 3.63) is 35.9 Å². The summed E-state index contributed by atoms with van der Waals surface area (Å²) in [6.45, 7) is 3.39. The van der Waals surface area contributed by atoms with Crippen molar-refractivity contribution in [1.82, 2.24) is 4.98 Å². The molecule has 1 aromatic carbocycles. The molecule has 0 aliphatic heterocycles. The van der Waals surface area contributed by atoms with E-state index in [0.29, 0.717) is 17.9 Å². The van der Waals surface area contributed by atoms with E-state index in [2.05, 4.69) is 18.0 Å². The second-order valence-corrected chi connectivity index (χ2v) is 4.37. The number of fused-ring (bicyclic) bond motifs is 1. The van der Waals surface area contributed by atoms with Crippen molar-refractivity contribution in [2.75, 3.05) is 24.6 Å². The van der Waals surface area contributed by atoms with Crippen LogP contribution in [0.2, 0.25) is 0 Å². The first kappa shape index (κ1) is 13.3. The zero-order valence-corrected chi connectivity index (χ0v) is 11.0. The molecule has 4 nitrogen and oxygen atoms in total. The van der Waals surface area contributed by atoms with E-state index in [0.717, 1.165) is 23.9 Å². The van der Waals surface area contributed by atoms with E-state index in [9.17, 15) is 5.26 Å². The lowest BCUT2D eigenvalue weighted by molar-refractivity contribution is 0.301. The van der Waals surface area contributed by atoms with Gasteiger partial charge in [0.15, 0.2) is 0 Å². The summed E-state index contributed by atoms with van der Waals surface area (Å²) in [6.07, 6.45) is 0.944. The van der Waals surface area contributed by atoms with Gasteiger partial charge in [0, 0.05) is 18.5 Å². The minimum Gasteiger partial charge on any atom is -0.395 e. The standard InChI is InChI=1S/C15H17N3O/c1-2-7-18(8-9-19)15-13(11-16)10-12-5-3-4-6-14(12)17-15/h3-6,10,19H,2,7-9H2,1H3. The van der Waals surface area contributed by atoms with E-state index in [1.807, 2.05) is 35.2 Å². The minimum atomic E-state index is 0.0549. The average Bonchev–Trinajstić information content (AvgIpc) is 2.45. The summed E-state index contributed by atoms with van der Waals surface area (Å²) < 4.78 is 0. The first-order valence-electron chi connectivity index (χ1n) is 6.45. The Kier molecular flexibility index (Phi) is 4.32. The van der Waals surface area contributed by atoms with Gasteiger partial charge in [0.05, 0.1) is 17.7 Å². The Morgan fingerprint density at radius 1 is 1.32 bits per heavy atom. The number of nitriles is 1. The van der Waals surface area contributed by atoms with Crippen molar-refractivity contribution in [3.8, 4) is 6.07 Å². The molecule has 0 fully saturated rings. The molecule has 0 saturated heterocycles. The largest absolute Gasteiger partial charge is 0.395 e. The molecule has 0 atom stereocenters. The van der Waals surface area contributed by atoms with Gasteiger partial charge in [-0.25, -0.2) is 4.98 Å². The van der Waals surface area contributed by atoms with Crippen LogP contribution in [-0.4, -0.2) is 29.8 Å². The Hall–Kier alpha value is -2.12. The number of pyridine rings is 1. The fourth-order valence-corrected chi connectivity index (χ4v) is 2.14. The van der Waals surface area contributed by atoms with Gasteiger partial charge in [-0.05, 0) is 18.6 Å². The second-order valence-electron chi connectivity index (χ2n) is 4.37. The molecule has 0 spiro atoms. The molecule has 19 heavy (non-hydrogen) atoms. The van der Waals surface area contributed by atoms with E-state index in [4.69, 9.17) is 5.11 Å². The number of hydrogen-bond acceptors (Lipinski definition) is 4. The molecular weight excluding hydrogens is 238 g/mol. The van der Waals surface area contributed by atoms with E-state index >= 15 is 0 Å². The molecule has 0 bridgehead atoms. The van der Waals surface area contributed by atoms with Gasteiger partial charge >= 0.3 is 0 Å². The van der Waals surface area contributed by atoms with Crippen LogP contribution < -0.4 is 4.90 Å². The highest BCUT2D eigenvalue weighted by Gasteiger charge is 2.13. The molecule has 98 valence electrons. The van der Waals surface area contributed by atoms with Crippen LogP contribution in [0, 0.1) is 11.3 Å². The molecule has 0 amide bonds. The minimum absolute atomic E-state index is 0.0549. The summed E-state index contributed by atoms with van der Waals surface area (Å²) in [5, 5.41) is 19.4. The van der Waals surface area contributed by atoms with Crippen LogP contribution in [-0.2, 0) is 0 Å². The lowest BCUT2D eigenvalue weighted by Crippen LogP contribution is -2.29. The van der Waals surface area contributed by atoms with Crippen LogP contribution in [0.15, 0.2) is 30.3 Å². The fraction of sp³-hybridized carbons (Fsp3) is 0.333. The maximum atomic E-state index is 9.28. The molecule has 0 unspecified atom stereocenters. The van der Waals surface area contributed by atoms with Gasteiger partial charge in [-0.15, -0.1) is 0 Å². The normalized spacial score (nSPS) is 10.4. The highest BCUT2D eigenvalue weighted by Crippen LogP contribution is 2.23. The molecule has 0 aliphatic rings. The van der Waals surface area contributed by atoms with Crippen molar-refractivity contribution in [3.63, 3.8) is 0 Å². The number of hydrogen-bond donors (Lipinski definition) is 1. The number of rotatable bonds is 5. The summed E-state index contributed by atoms with van der Waals surface area (Å²) in [5.41, 5.74) is 1.43. The number of anilines is 1. The van der Waals surface area contributed by atoms with Crippen LogP contribution in [0.3, 0.4) is 0 Å². The van der Waals surface area contributed by atoms with Crippen LogP contribution in [0.5, 0.6) is 0 Å². The Bertz CT molecular complexity index is 598. The van der Waals surface area contributed by atoms with Crippen molar-refractivity contribution in [2.45, 2.75) is 13.3 Å². The van der Waals surface area contributed by atoms with Gasteiger partial charge in [0.1, 0.15) is 11.9 Å². The highest BCUT2D eigenvalue weighted by molar-refractivity contribution is 5.83. The van der Waals surface area contributed by atoms with E-state index in [-0.39, 0.29) is 6.61 Å². The lowest BCUT2D eigenvalue weighted by Gasteiger charge is -2.23. The summed E-state index contributed by atoms with van der Waals surface area (Å²) in [6, 6.07) is 11.8. The molecule has 1 N–H and O–H groups in total. The third-order valence-corrected chi connectivity index (χ3v) is 2.99. The van der Waals surface area contributed by atoms with E-state index in [1.165, 1.54) is 0 Å². The van der Waals surface area contributed by atoms with Gasteiger partial charge < -0.3 is 10.0 Å². The number of aliphatic hydroxyl groups is 1. The Morgan fingerprint density at radius 2 is 2.11 bits per heavy atom. The van der Waals surface area contributed by atoms with Crippen molar-refractivity contribution in [1.29, 1.82) is 5.26 Å². The second kappa shape index (κ2) is 6.17. The summed E-state index contributed by atoms with van der Waals surface area (Å²) in [4.78, 5) is 6.54. The first-order valence-corrected chi connectivity index (χ1v) is 6.45. The Morgan fingerprint density at radius 3 is 2.79 bits per heavy atom. The number of aromatic nitrogens is 1. The van der Waals surface area contributed by atoms with Crippen LogP contribution >= 0.6 is 0 Å². The van der Waals surface area contributed by atoms with E-state index < -0.39 is 0 Å². The molecule has 1 aromatic heterocycles. The maximum Gasteiger partial charge on any atom is 0.147 e. The number of para-hydroxylation sites is 1. The number of aliphatic hydroxyl groups excluding tert-OH is 1. The molecule has 0 saturated carbocycles. The number of nitrogens with zero attached hydrogens (tertiary/aromatic N) is 3. The number of benzene rings is 1. The SMILES string of the molecule is CCCN(CCO)c1nc2ccccc2cc1C#N. The van der Waals surface area contributed by atoms with Crippen molar-refractivity contribution >= 4 is 16.7 Å². The van der Waals surface area contributed by atoms with E-state index in [1.54, 1.807) is 0 Å². The van der Waals surface area contributed by atoms with Crippen LogP contribution in [0.25, 0.3) is 10.9 Å². The molecule has 0 aliphatic carbocycles. The quantitative estimate of drug-likeness (QED) is 0.890. The molecule has 1 heterocycles. The van der Waals surface area contributed by atoms with Gasteiger partial charge in [-0.2, -0.15) is 5.26 Å². The fourth-order valence-electron chi connectivity index (χ4n) is 2.14. The van der Waals surface area contributed by atoms with Gasteiger partial charge in [-0.1, -0.05) is 25.1 Å². The zero-order chi connectivity index (χ0) is 13.7. The summed E-state index contributed by atoms with van der Waals surface area (Å²) >= 11 is 0. The monoisotopic (exact) mass is 255 g/mol. The summed E-state index contributed by atoms with van der Waals surface area (Å²) in [5.74, 6) is 0.664. The predicted molar refractivity (Wildman–Crippen MR) is 76.0 cm³/mol. The predicted octanol–water partition coefficient (Wildman–Crippen LogP) is 2.32. The third-order valence-electron chi connectivity index (χ3n) is 2.99. The van der Waals surface area contributed by atoms with Crippen LogP contribution in [0.1, 0.15) is 18.9 Å². The zero-order valence-electron chi connectivity index (χ0n) is 11.0. The summed E-state index contributed by atoms with van der Waals surface area (Å²) in [7, 11) is 0. The molecule has 2 rings (SSSR count). The molecular formula is C15H17N3O. The maximum absolute atomic E-state index is 9.28. The third kappa shape index (κ3) is 2.83. The van der Waals surface area contributed by atoms with Crippen LogP contribution in [0.4, 0.5) is 5.82 Å². The molecule has 0 radical (unpaired) electrons. The Balaban J connectivity index is 2.53. The lowest BCUT2D eigenvalue weighted by atomic mass is 10.1. The topological polar surface area (TPSA) is 60.1 Å². The average molecular weight is 255 g/mol. The molecule has 4 heteroatoms. The van der Waals surface area contributed by atoms with Crippen molar-refractivity contribution in [2.24, 2.45) is 0 Å². The van der Waals surface area contributed by atoms with Gasteiger partial charge in [0.25, 0.3) is 0 Å². The highest BCUT2D eigenvalue weighted by atomic mass is 16.3. The first-order chi connectivity index (χ1) is 9.30.